The maximum absolute atomic E-state index is 14.5. The molecule has 1 aliphatic carbocycles. The lowest BCUT2D eigenvalue weighted by Gasteiger charge is -2.09. The lowest BCUT2D eigenvalue weighted by molar-refractivity contribution is 0.101. The number of hydrogen-bond donors (Lipinski definition) is 0. The van der Waals surface area contributed by atoms with Gasteiger partial charge >= 0.3 is 0 Å². The van der Waals surface area contributed by atoms with Crippen molar-refractivity contribution in [1.82, 2.24) is 4.98 Å². The molecule has 3 aromatic carbocycles. The van der Waals surface area contributed by atoms with E-state index in [1.54, 1.807) is 30.3 Å². The molecule has 0 bridgehead atoms. The van der Waals surface area contributed by atoms with E-state index in [1.165, 1.54) is 25.8 Å². The maximum atomic E-state index is 14.5. The van der Waals surface area contributed by atoms with Gasteiger partial charge in [0.15, 0.2) is 17.2 Å². The van der Waals surface area contributed by atoms with Crippen molar-refractivity contribution in [1.29, 1.82) is 0 Å². The summed E-state index contributed by atoms with van der Waals surface area (Å²) >= 11 is 0. The van der Waals surface area contributed by atoms with Crippen LogP contribution in [0.15, 0.2) is 65.1 Å². The van der Waals surface area contributed by atoms with E-state index in [0.717, 1.165) is 12.4 Å². The Bertz CT molecular complexity index is 1260. The molecular formula is C25H20FNO4. The second kappa shape index (κ2) is 7.87. The number of ether oxygens (including phenoxy) is 2. The maximum Gasteiger partial charge on any atom is 0.227 e. The van der Waals surface area contributed by atoms with Gasteiger partial charge in [-0.2, -0.15) is 0 Å². The molecule has 0 aliphatic heterocycles. The van der Waals surface area contributed by atoms with Crippen molar-refractivity contribution in [3.63, 3.8) is 0 Å². The highest BCUT2D eigenvalue weighted by Gasteiger charge is 2.22. The Labute approximate surface area is 178 Å². The Morgan fingerprint density at radius 1 is 1.06 bits per heavy atom. The fourth-order valence-electron chi connectivity index (χ4n) is 3.28. The van der Waals surface area contributed by atoms with Crippen LogP contribution in [0.4, 0.5) is 4.39 Å². The zero-order chi connectivity index (χ0) is 21.4. The molecule has 5 nitrogen and oxygen atoms in total. The van der Waals surface area contributed by atoms with Crippen molar-refractivity contribution < 1.29 is 23.1 Å². The molecule has 4 aromatic rings. The number of benzene rings is 3. The molecule has 1 saturated carbocycles. The summed E-state index contributed by atoms with van der Waals surface area (Å²) in [5, 5.41) is 0. The fourth-order valence-corrected chi connectivity index (χ4v) is 3.28. The third-order valence-electron chi connectivity index (χ3n) is 5.20. The number of fused-ring (bicyclic) bond motifs is 1. The molecule has 1 fully saturated rings. The van der Waals surface area contributed by atoms with Crippen LogP contribution in [0.1, 0.15) is 30.1 Å². The van der Waals surface area contributed by atoms with E-state index in [-0.39, 0.29) is 22.8 Å². The number of hydrogen-bond acceptors (Lipinski definition) is 5. The SMILES string of the molecule is CC(=O)c1ccc2nc(-c3ccc(Oc4cccc(OCC5CC5)c4)cc3)oc2c1F. The van der Waals surface area contributed by atoms with Gasteiger partial charge in [-0.25, -0.2) is 9.37 Å². The summed E-state index contributed by atoms with van der Waals surface area (Å²) < 4.78 is 31.8. The topological polar surface area (TPSA) is 61.6 Å². The van der Waals surface area contributed by atoms with Gasteiger partial charge in [-0.3, -0.25) is 4.79 Å². The lowest BCUT2D eigenvalue weighted by Crippen LogP contribution is -1.98. The Morgan fingerprint density at radius 3 is 2.58 bits per heavy atom. The highest BCUT2D eigenvalue weighted by atomic mass is 19.1. The average molecular weight is 417 g/mol. The molecule has 0 atom stereocenters. The number of rotatable bonds is 7. The van der Waals surface area contributed by atoms with E-state index in [4.69, 9.17) is 13.9 Å². The number of nitrogens with zero attached hydrogens (tertiary/aromatic N) is 1. The van der Waals surface area contributed by atoms with Crippen LogP contribution in [0, 0.1) is 11.7 Å². The van der Waals surface area contributed by atoms with Crippen LogP contribution >= 0.6 is 0 Å². The van der Waals surface area contributed by atoms with Crippen molar-refractivity contribution in [3.8, 4) is 28.7 Å². The largest absolute Gasteiger partial charge is 0.493 e. The van der Waals surface area contributed by atoms with Crippen LogP contribution in [0.5, 0.6) is 17.2 Å². The molecule has 0 amide bonds. The van der Waals surface area contributed by atoms with Crippen molar-refractivity contribution in [2.24, 2.45) is 5.92 Å². The number of carbonyl (C=O) groups is 1. The van der Waals surface area contributed by atoms with Gasteiger partial charge in [-0.1, -0.05) is 6.07 Å². The zero-order valence-electron chi connectivity index (χ0n) is 16.9. The molecule has 0 saturated heterocycles. The minimum atomic E-state index is -0.688. The molecule has 156 valence electrons. The molecule has 1 aromatic heterocycles. The fraction of sp³-hybridized carbons (Fsp3) is 0.200. The quantitative estimate of drug-likeness (QED) is 0.325. The van der Waals surface area contributed by atoms with Gasteiger partial charge in [0.1, 0.15) is 22.8 Å². The lowest BCUT2D eigenvalue weighted by atomic mass is 10.1. The van der Waals surface area contributed by atoms with Crippen LogP contribution in [0.3, 0.4) is 0 Å². The first kappa shape index (κ1) is 19.3. The molecule has 0 N–H and O–H groups in total. The summed E-state index contributed by atoms with van der Waals surface area (Å²) in [4.78, 5) is 15.9. The molecule has 5 rings (SSSR count). The molecule has 6 heteroatoms. The van der Waals surface area contributed by atoms with Gasteiger partial charge in [0, 0.05) is 11.6 Å². The predicted octanol–water partition coefficient (Wildman–Crippen LogP) is 6.42. The van der Waals surface area contributed by atoms with Crippen LogP contribution < -0.4 is 9.47 Å². The molecule has 0 spiro atoms. The van der Waals surface area contributed by atoms with E-state index >= 15 is 0 Å². The van der Waals surface area contributed by atoms with E-state index in [0.29, 0.717) is 28.5 Å². The Balaban J connectivity index is 1.33. The van der Waals surface area contributed by atoms with Gasteiger partial charge in [0.05, 0.1) is 12.2 Å². The van der Waals surface area contributed by atoms with E-state index < -0.39 is 5.82 Å². The standard InChI is InChI=1S/C25H20FNO4/c1-15(28)21-11-12-22-24(23(21)26)31-25(27-22)17-7-9-18(10-8-17)30-20-4-2-3-19(13-20)29-14-16-5-6-16/h2-4,7-13,16H,5-6,14H2,1H3. The molecule has 0 radical (unpaired) electrons. The first-order valence-electron chi connectivity index (χ1n) is 10.2. The second-order valence-corrected chi connectivity index (χ2v) is 7.71. The summed E-state index contributed by atoms with van der Waals surface area (Å²) in [6.07, 6.45) is 2.49. The van der Waals surface area contributed by atoms with Gasteiger partial charge in [-0.15, -0.1) is 0 Å². The number of aromatic nitrogens is 1. The first-order chi connectivity index (χ1) is 15.1. The first-order valence-corrected chi connectivity index (χ1v) is 10.2. The summed E-state index contributed by atoms with van der Waals surface area (Å²) in [5.41, 5.74) is 1.00. The Hall–Kier alpha value is -3.67. The molecule has 1 aliphatic rings. The van der Waals surface area contributed by atoms with E-state index in [2.05, 4.69) is 4.98 Å². The highest BCUT2D eigenvalue weighted by molar-refractivity contribution is 5.97. The third kappa shape index (κ3) is 4.14. The van der Waals surface area contributed by atoms with E-state index in [1.807, 2.05) is 24.3 Å². The number of Topliss-reactive ketones (excluding diaryl/α,β-unsaturated/α-hetero) is 1. The highest BCUT2D eigenvalue weighted by Crippen LogP contribution is 2.32. The monoisotopic (exact) mass is 417 g/mol. The molecule has 1 heterocycles. The number of ketones is 1. The number of oxazole rings is 1. The summed E-state index contributed by atoms with van der Waals surface area (Å²) in [6.45, 7) is 2.06. The molecule has 31 heavy (non-hydrogen) atoms. The van der Waals surface area contributed by atoms with E-state index in [9.17, 15) is 9.18 Å². The summed E-state index contributed by atoms with van der Waals surface area (Å²) in [7, 11) is 0. The number of halogens is 1. The second-order valence-electron chi connectivity index (χ2n) is 7.71. The molecular weight excluding hydrogens is 397 g/mol. The Morgan fingerprint density at radius 2 is 1.84 bits per heavy atom. The normalized spacial score (nSPS) is 13.4. The minimum Gasteiger partial charge on any atom is -0.493 e. The van der Waals surface area contributed by atoms with Crippen LogP contribution in [-0.2, 0) is 0 Å². The van der Waals surface area contributed by atoms with Crippen molar-refractivity contribution in [2.75, 3.05) is 6.61 Å². The summed E-state index contributed by atoms with van der Waals surface area (Å²) in [5.74, 6) is 2.03. The third-order valence-corrected chi connectivity index (χ3v) is 5.20. The van der Waals surface area contributed by atoms with Gasteiger partial charge in [0.25, 0.3) is 0 Å². The summed E-state index contributed by atoms with van der Waals surface area (Å²) in [6, 6.07) is 17.7. The zero-order valence-corrected chi connectivity index (χ0v) is 16.9. The minimum absolute atomic E-state index is 0.0118. The van der Waals surface area contributed by atoms with Gasteiger partial charge in [-0.05, 0) is 74.2 Å². The predicted molar refractivity (Wildman–Crippen MR) is 114 cm³/mol. The van der Waals surface area contributed by atoms with Crippen LogP contribution in [0.2, 0.25) is 0 Å². The van der Waals surface area contributed by atoms with Crippen LogP contribution in [0.25, 0.3) is 22.6 Å². The smallest absolute Gasteiger partial charge is 0.227 e. The van der Waals surface area contributed by atoms with Crippen molar-refractivity contribution in [3.05, 3.63) is 72.0 Å². The van der Waals surface area contributed by atoms with Crippen molar-refractivity contribution in [2.45, 2.75) is 19.8 Å². The Kier molecular flexibility index (Phi) is 4.90. The average Bonchev–Trinajstić information content (AvgIpc) is 3.49. The number of carbonyl (C=O) groups excluding carboxylic acids is 1. The van der Waals surface area contributed by atoms with Gasteiger partial charge < -0.3 is 13.9 Å². The van der Waals surface area contributed by atoms with Crippen LogP contribution in [-0.4, -0.2) is 17.4 Å². The van der Waals surface area contributed by atoms with Gasteiger partial charge in [0.2, 0.25) is 5.89 Å². The molecule has 0 unspecified atom stereocenters. The van der Waals surface area contributed by atoms with Crippen molar-refractivity contribution >= 4 is 16.9 Å².